The average Bonchev–Trinajstić information content (AvgIpc) is 2.85. The van der Waals surface area contributed by atoms with Gasteiger partial charge in [-0.2, -0.15) is 0 Å². The fourth-order valence-electron chi connectivity index (χ4n) is 5.37. The lowest BCUT2D eigenvalue weighted by molar-refractivity contribution is 0.250. The smallest absolute Gasteiger partial charge is 0.0702 e. The number of hydrogen-bond acceptors (Lipinski definition) is 1. The molecule has 1 heterocycles. The van der Waals surface area contributed by atoms with E-state index in [1.165, 1.54) is 119 Å². The predicted octanol–water partition coefficient (Wildman–Crippen LogP) is 9.58. The van der Waals surface area contributed by atoms with Crippen molar-refractivity contribution in [2.24, 2.45) is 11.8 Å². The fraction of sp³-hybridized carbons (Fsp3) is 0.645. The Kier molecular flexibility index (Phi) is 11.3. The van der Waals surface area contributed by atoms with E-state index >= 15 is 0 Å². The normalized spacial score (nSPS) is 18.7. The van der Waals surface area contributed by atoms with Crippen LogP contribution in [0.3, 0.4) is 0 Å². The van der Waals surface area contributed by atoms with Gasteiger partial charge in [-0.3, -0.25) is 4.98 Å². The summed E-state index contributed by atoms with van der Waals surface area (Å²) in [6.45, 7) is 4.60. The minimum absolute atomic E-state index is 0.952. The molecular weight excluding hydrogens is 386 g/mol. The summed E-state index contributed by atoms with van der Waals surface area (Å²) < 4.78 is 0. The van der Waals surface area contributed by atoms with Gasteiger partial charge >= 0.3 is 0 Å². The van der Waals surface area contributed by atoms with Gasteiger partial charge in [0.05, 0.1) is 5.69 Å². The monoisotopic (exact) mass is 433 g/mol. The van der Waals surface area contributed by atoms with Crippen LogP contribution in [0.2, 0.25) is 0 Å². The molecule has 0 bridgehead atoms. The summed E-state index contributed by atoms with van der Waals surface area (Å²) in [6.07, 6.45) is 24.1. The zero-order valence-corrected chi connectivity index (χ0v) is 21.0. The van der Waals surface area contributed by atoms with Crippen LogP contribution in [-0.2, 0) is 12.8 Å². The molecule has 1 aliphatic rings. The summed E-state index contributed by atoms with van der Waals surface area (Å²) >= 11 is 0. The molecule has 0 N–H and O–H groups in total. The van der Waals surface area contributed by atoms with Crippen molar-refractivity contribution in [3.05, 3.63) is 53.7 Å². The molecule has 176 valence electrons. The van der Waals surface area contributed by atoms with Crippen molar-refractivity contribution < 1.29 is 0 Å². The van der Waals surface area contributed by atoms with Gasteiger partial charge in [-0.1, -0.05) is 121 Å². The number of hydrogen-bond donors (Lipinski definition) is 0. The Bertz CT molecular complexity index is 722. The molecule has 1 saturated carbocycles. The highest BCUT2D eigenvalue weighted by Crippen LogP contribution is 2.34. The lowest BCUT2D eigenvalue weighted by atomic mass is 9.78. The van der Waals surface area contributed by atoms with E-state index in [1.54, 1.807) is 0 Å². The SMILES string of the molecule is CCCCCCCCc1ccc(-c2ccc(CCC3CCC(CCCC)CC3)cc2)nc1. The molecule has 3 rings (SSSR count). The molecule has 32 heavy (non-hydrogen) atoms. The topological polar surface area (TPSA) is 12.9 Å². The average molecular weight is 434 g/mol. The van der Waals surface area contributed by atoms with E-state index < -0.39 is 0 Å². The Hall–Kier alpha value is -1.63. The summed E-state index contributed by atoms with van der Waals surface area (Å²) in [4.78, 5) is 4.75. The summed E-state index contributed by atoms with van der Waals surface area (Å²) in [5, 5.41) is 0. The zero-order valence-electron chi connectivity index (χ0n) is 21.0. The van der Waals surface area contributed by atoms with Crippen molar-refractivity contribution >= 4 is 0 Å². The number of aryl methyl sites for hydroxylation is 2. The van der Waals surface area contributed by atoms with Crippen LogP contribution in [0.4, 0.5) is 0 Å². The summed E-state index contributed by atoms with van der Waals surface area (Å²) in [6, 6.07) is 13.7. The molecule has 1 aromatic heterocycles. The van der Waals surface area contributed by atoms with Crippen LogP contribution in [0.15, 0.2) is 42.6 Å². The second-order valence-electron chi connectivity index (χ2n) is 10.3. The highest BCUT2D eigenvalue weighted by Gasteiger charge is 2.20. The minimum atomic E-state index is 0.952. The molecule has 1 aromatic carbocycles. The maximum absolute atomic E-state index is 4.75. The van der Waals surface area contributed by atoms with E-state index in [-0.39, 0.29) is 0 Å². The number of benzene rings is 1. The molecule has 0 spiro atoms. The van der Waals surface area contributed by atoms with E-state index in [9.17, 15) is 0 Å². The van der Waals surface area contributed by atoms with Gasteiger partial charge < -0.3 is 0 Å². The Labute approximate surface area is 198 Å². The molecule has 0 unspecified atom stereocenters. The molecule has 1 aliphatic carbocycles. The zero-order chi connectivity index (χ0) is 22.4. The van der Waals surface area contributed by atoms with Gasteiger partial charge in [-0.15, -0.1) is 0 Å². The maximum Gasteiger partial charge on any atom is 0.0702 e. The number of unbranched alkanes of at least 4 members (excludes halogenated alkanes) is 6. The third-order valence-electron chi connectivity index (χ3n) is 7.67. The first-order chi connectivity index (χ1) is 15.8. The first-order valence-corrected chi connectivity index (χ1v) is 13.8. The number of pyridine rings is 1. The molecule has 0 atom stereocenters. The fourth-order valence-corrected chi connectivity index (χ4v) is 5.37. The van der Waals surface area contributed by atoms with Crippen molar-refractivity contribution in [1.29, 1.82) is 0 Å². The minimum Gasteiger partial charge on any atom is -0.256 e. The third kappa shape index (κ3) is 8.72. The van der Waals surface area contributed by atoms with Crippen molar-refractivity contribution in [1.82, 2.24) is 4.98 Å². The van der Waals surface area contributed by atoms with Gasteiger partial charge in [-0.05, 0) is 54.7 Å². The first kappa shape index (κ1) is 25.0. The lowest BCUT2D eigenvalue weighted by Crippen LogP contribution is -2.15. The Morgan fingerprint density at radius 2 is 1.25 bits per heavy atom. The molecular formula is C31H47N. The van der Waals surface area contributed by atoms with Crippen LogP contribution in [0, 0.1) is 11.8 Å². The lowest BCUT2D eigenvalue weighted by Gasteiger charge is -2.28. The van der Waals surface area contributed by atoms with E-state index in [4.69, 9.17) is 4.98 Å². The van der Waals surface area contributed by atoms with E-state index in [0.29, 0.717) is 0 Å². The van der Waals surface area contributed by atoms with Gasteiger partial charge in [-0.25, -0.2) is 0 Å². The second kappa shape index (κ2) is 14.5. The second-order valence-corrected chi connectivity index (χ2v) is 10.3. The third-order valence-corrected chi connectivity index (χ3v) is 7.67. The number of nitrogens with zero attached hydrogens (tertiary/aromatic N) is 1. The Morgan fingerprint density at radius 3 is 1.91 bits per heavy atom. The van der Waals surface area contributed by atoms with Crippen LogP contribution in [0.5, 0.6) is 0 Å². The molecule has 2 aromatic rings. The van der Waals surface area contributed by atoms with Crippen LogP contribution < -0.4 is 0 Å². The van der Waals surface area contributed by atoms with Gasteiger partial charge in [0.2, 0.25) is 0 Å². The van der Waals surface area contributed by atoms with Gasteiger partial charge in [0.15, 0.2) is 0 Å². The highest BCUT2D eigenvalue weighted by atomic mass is 14.7. The van der Waals surface area contributed by atoms with Crippen molar-refractivity contribution in [2.45, 2.75) is 117 Å². The maximum atomic E-state index is 4.75. The molecule has 0 amide bonds. The number of rotatable bonds is 14. The van der Waals surface area contributed by atoms with Crippen LogP contribution in [0.25, 0.3) is 11.3 Å². The molecule has 0 radical (unpaired) electrons. The van der Waals surface area contributed by atoms with Crippen LogP contribution in [-0.4, -0.2) is 4.98 Å². The molecule has 1 nitrogen and oxygen atoms in total. The van der Waals surface area contributed by atoms with E-state index in [2.05, 4.69) is 56.4 Å². The first-order valence-electron chi connectivity index (χ1n) is 13.8. The summed E-state index contributed by atoms with van der Waals surface area (Å²) in [5.74, 6) is 1.98. The predicted molar refractivity (Wildman–Crippen MR) is 140 cm³/mol. The molecule has 1 fully saturated rings. The van der Waals surface area contributed by atoms with Gasteiger partial charge in [0.1, 0.15) is 0 Å². The van der Waals surface area contributed by atoms with Gasteiger partial charge in [0, 0.05) is 11.8 Å². The highest BCUT2D eigenvalue weighted by molar-refractivity contribution is 5.59. The molecule has 1 heteroatoms. The number of aromatic nitrogens is 1. The van der Waals surface area contributed by atoms with E-state index in [1.807, 2.05) is 0 Å². The summed E-state index contributed by atoms with van der Waals surface area (Å²) in [7, 11) is 0. The van der Waals surface area contributed by atoms with Crippen LogP contribution >= 0.6 is 0 Å². The standard InChI is InChI=1S/C31H47N/c1-3-5-7-8-9-10-12-29-21-24-31(32-25-29)30-22-19-28(20-23-30)18-17-27-15-13-26(14-16-27)11-6-4-2/h19-27H,3-18H2,1-2H3. The summed E-state index contributed by atoms with van der Waals surface area (Å²) in [5.41, 5.74) is 5.22. The largest absolute Gasteiger partial charge is 0.256 e. The Morgan fingerprint density at radius 1 is 0.625 bits per heavy atom. The van der Waals surface area contributed by atoms with Gasteiger partial charge in [0.25, 0.3) is 0 Å². The quantitative estimate of drug-likeness (QED) is 0.270. The van der Waals surface area contributed by atoms with Crippen LogP contribution in [0.1, 0.15) is 115 Å². The van der Waals surface area contributed by atoms with Crippen molar-refractivity contribution in [3.8, 4) is 11.3 Å². The van der Waals surface area contributed by atoms with Crippen molar-refractivity contribution in [3.63, 3.8) is 0 Å². The van der Waals surface area contributed by atoms with E-state index in [0.717, 1.165) is 17.5 Å². The Balaban J connectivity index is 1.38. The molecule has 0 aliphatic heterocycles. The molecule has 0 saturated heterocycles. The van der Waals surface area contributed by atoms with Crippen molar-refractivity contribution in [2.75, 3.05) is 0 Å².